The Morgan fingerprint density at radius 2 is 1.79 bits per heavy atom. The quantitative estimate of drug-likeness (QED) is 0.359. The van der Waals surface area contributed by atoms with Crippen LogP contribution < -0.4 is 4.74 Å². The van der Waals surface area contributed by atoms with Crippen LogP contribution in [0.4, 0.5) is 22.0 Å². The van der Waals surface area contributed by atoms with E-state index in [-0.39, 0.29) is 21.9 Å². The predicted octanol–water partition coefficient (Wildman–Crippen LogP) is 5.11. The monoisotopic (exact) mass is 414 g/mol. The van der Waals surface area contributed by atoms with Gasteiger partial charge in [-0.1, -0.05) is 18.2 Å². The Labute approximate surface area is 160 Å². The van der Waals surface area contributed by atoms with Crippen LogP contribution in [0.1, 0.15) is 11.1 Å². The van der Waals surface area contributed by atoms with Crippen molar-refractivity contribution in [1.29, 1.82) is 0 Å². The molecule has 5 nitrogen and oxygen atoms in total. The first-order valence-electron chi connectivity index (χ1n) is 7.69. The van der Waals surface area contributed by atoms with Gasteiger partial charge in [-0.25, -0.2) is 5.10 Å². The second-order valence-corrected chi connectivity index (χ2v) is 5.78. The molecule has 0 aliphatic heterocycles. The normalized spacial score (nSPS) is 12.1. The highest BCUT2D eigenvalue weighted by Crippen LogP contribution is 2.31. The number of benzene rings is 2. The number of aromatic nitrogens is 3. The number of nitrogens with zero attached hydrogens (tertiary/aromatic N) is 3. The fourth-order valence-corrected chi connectivity index (χ4v) is 2.54. The van der Waals surface area contributed by atoms with Crippen LogP contribution in [0.3, 0.4) is 0 Å². The van der Waals surface area contributed by atoms with Crippen molar-refractivity contribution >= 4 is 18.4 Å². The molecule has 3 rings (SSSR count). The molecule has 0 saturated heterocycles. The lowest BCUT2D eigenvalue weighted by Crippen LogP contribution is -2.09. The molecule has 11 heteroatoms. The van der Waals surface area contributed by atoms with Gasteiger partial charge in [-0.15, -0.1) is 0 Å². The van der Waals surface area contributed by atoms with Crippen LogP contribution in [-0.4, -0.2) is 27.7 Å². The third-order valence-electron chi connectivity index (χ3n) is 3.57. The van der Waals surface area contributed by atoms with E-state index >= 15 is 0 Å². The number of rotatable bonds is 5. The van der Waals surface area contributed by atoms with Gasteiger partial charge in [-0.2, -0.15) is 36.8 Å². The average molecular weight is 414 g/mol. The highest BCUT2D eigenvalue weighted by Gasteiger charge is 2.32. The largest absolute Gasteiger partial charge is 0.435 e. The van der Waals surface area contributed by atoms with E-state index < -0.39 is 18.4 Å². The molecule has 0 spiro atoms. The summed E-state index contributed by atoms with van der Waals surface area (Å²) in [7, 11) is 0. The van der Waals surface area contributed by atoms with Crippen molar-refractivity contribution in [2.45, 2.75) is 12.8 Å². The Balaban J connectivity index is 1.95. The zero-order valence-corrected chi connectivity index (χ0v) is 14.6. The van der Waals surface area contributed by atoms with Crippen LogP contribution in [-0.2, 0) is 6.18 Å². The van der Waals surface area contributed by atoms with E-state index in [2.05, 4.69) is 20.0 Å². The Morgan fingerprint density at radius 1 is 1.11 bits per heavy atom. The summed E-state index contributed by atoms with van der Waals surface area (Å²) in [5.41, 5.74) is -0.552. The predicted molar refractivity (Wildman–Crippen MR) is 93.9 cm³/mol. The Hall–Kier alpha value is -3.08. The molecule has 1 N–H and O–H groups in total. The molecule has 0 amide bonds. The van der Waals surface area contributed by atoms with Gasteiger partial charge in [0.2, 0.25) is 4.77 Å². The number of halogens is 5. The van der Waals surface area contributed by atoms with Gasteiger partial charge in [0.25, 0.3) is 0 Å². The van der Waals surface area contributed by atoms with Gasteiger partial charge >= 0.3 is 12.8 Å². The number of ether oxygens (including phenoxy) is 1. The standard InChI is InChI=1S/C17H11F5N4OS/c18-15(19)27-12-7-5-10(6-8-12)14-24-25-16(28)26(14)23-9-11-3-1-2-4-13(11)17(20,21)22/h1-9,15H,(H,25,28). The Kier molecular flexibility index (Phi) is 5.54. The smallest absolute Gasteiger partial charge is 0.417 e. The van der Waals surface area contributed by atoms with Crippen LogP contribution in [0.5, 0.6) is 5.75 Å². The zero-order valence-electron chi connectivity index (χ0n) is 13.8. The summed E-state index contributed by atoms with van der Waals surface area (Å²) in [6.07, 6.45) is -3.52. The second-order valence-electron chi connectivity index (χ2n) is 5.40. The number of hydrogen-bond acceptors (Lipinski definition) is 4. The van der Waals surface area contributed by atoms with E-state index in [0.717, 1.165) is 17.0 Å². The summed E-state index contributed by atoms with van der Waals surface area (Å²) in [5, 5.41) is 10.5. The van der Waals surface area contributed by atoms with Crippen LogP contribution in [0.25, 0.3) is 11.4 Å². The second kappa shape index (κ2) is 7.89. The topological polar surface area (TPSA) is 55.2 Å². The van der Waals surface area contributed by atoms with E-state index in [1.54, 1.807) is 0 Å². The molecule has 0 unspecified atom stereocenters. The molecular formula is C17H11F5N4OS. The molecule has 28 heavy (non-hydrogen) atoms. The van der Waals surface area contributed by atoms with Crippen molar-refractivity contribution in [2.24, 2.45) is 5.10 Å². The fourth-order valence-electron chi connectivity index (χ4n) is 2.36. The number of aromatic amines is 1. The maximum absolute atomic E-state index is 13.1. The molecule has 1 heterocycles. The molecule has 146 valence electrons. The molecule has 0 aliphatic rings. The van der Waals surface area contributed by atoms with Crippen molar-refractivity contribution in [3.05, 3.63) is 64.4 Å². The minimum Gasteiger partial charge on any atom is -0.435 e. The van der Waals surface area contributed by atoms with Crippen LogP contribution in [0, 0.1) is 4.77 Å². The first kappa shape index (κ1) is 19.7. The lowest BCUT2D eigenvalue weighted by molar-refractivity contribution is -0.137. The van der Waals surface area contributed by atoms with Gasteiger partial charge in [-0.05, 0) is 42.5 Å². The molecule has 0 radical (unpaired) electrons. The first-order valence-corrected chi connectivity index (χ1v) is 8.10. The molecule has 0 saturated carbocycles. The number of H-pyrrole nitrogens is 1. The highest BCUT2D eigenvalue weighted by molar-refractivity contribution is 7.71. The number of hydrogen-bond donors (Lipinski definition) is 1. The molecule has 0 aliphatic carbocycles. The molecular weight excluding hydrogens is 403 g/mol. The minimum absolute atomic E-state index is 0.0450. The van der Waals surface area contributed by atoms with Crippen LogP contribution in [0.2, 0.25) is 0 Å². The van der Waals surface area contributed by atoms with Crippen molar-refractivity contribution in [1.82, 2.24) is 14.9 Å². The van der Waals surface area contributed by atoms with Gasteiger partial charge in [0.15, 0.2) is 5.82 Å². The number of alkyl halides is 5. The van der Waals surface area contributed by atoms with E-state index in [0.29, 0.717) is 5.56 Å². The molecule has 0 bridgehead atoms. The molecule has 0 atom stereocenters. The van der Waals surface area contributed by atoms with Crippen molar-refractivity contribution in [3.63, 3.8) is 0 Å². The number of nitrogens with one attached hydrogen (secondary N) is 1. The lowest BCUT2D eigenvalue weighted by atomic mass is 10.1. The summed E-state index contributed by atoms with van der Waals surface area (Å²) < 4.78 is 69.2. The molecule has 1 aromatic heterocycles. The van der Waals surface area contributed by atoms with Gasteiger partial charge in [0.05, 0.1) is 11.8 Å². The van der Waals surface area contributed by atoms with Crippen molar-refractivity contribution < 1.29 is 26.7 Å². The summed E-state index contributed by atoms with van der Waals surface area (Å²) in [5.74, 6) is 0.136. The first-order chi connectivity index (χ1) is 13.3. The van der Waals surface area contributed by atoms with Crippen molar-refractivity contribution in [2.75, 3.05) is 0 Å². The summed E-state index contributed by atoms with van der Waals surface area (Å²) in [4.78, 5) is 0. The molecule has 2 aromatic carbocycles. The van der Waals surface area contributed by atoms with E-state index in [9.17, 15) is 22.0 Å². The summed E-state index contributed by atoms with van der Waals surface area (Å²) in [6.45, 7) is -2.96. The van der Waals surface area contributed by atoms with E-state index in [1.807, 2.05) is 0 Å². The van der Waals surface area contributed by atoms with Gasteiger partial charge < -0.3 is 4.74 Å². The van der Waals surface area contributed by atoms with Crippen LogP contribution in [0.15, 0.2) is 53.6 Å². The Morgan fingerprint density at radius 3 is 2.43 bits per heavy atom. The van der Waals surface area contributed by atoms with Gasteiger partial charge in [0, 0.05) is 11.1 Å². The van der Waals surface area contributed by atoms with E-state index in [4.69, 9.17) is 12.2 Å². The SMILES string of the molecule is FC(F)Oc1ccc(-c2n[nH]c(=S)n2N=Cc2ccccc2C(F)(F)F)cc1. The third-order valence-corrected chi connectivity index (χ3v) is 3.83. The zero-order chi connectivity index (χ0) is 20.3. The third kappa shape index (κ3) is 4.42. The highest BCUT2D eigenvalue weighted by atomic mass is 32.1. The molecule has 0 fully saturated rings. The summed E-state index contributed by atoms with van der Waals surface area (Å²) >= 11 is 5.06. The van der Waals surface area contributed by atoms with Crippen LogP contribution >= 0.6 is 12.2 Å². The van der Waals surface area contributed by atoms with Crippen molar-refractivity contribution in [3.8, 4) is 17.1 Å². The minimum atomic E-state index is -4.54. The van der Waals surface area contributed by atoms with Gasteiger partial charge in [0.1, 0.15) is 5.75 Å². The Bertz CT molecular complexity index is 1040. The van der Waals surface area contributed by atoms with Gasteiger partial charge in [-0.3, -0.25) is 0 Å². The summed E-state index contributed by atoms with van der Waals surface area (Å²) in [6, 6.07) is 10.4. The fraction of sp³-hybridized carbons (Fsp3) is 0.118. The van der Waals surface area contributed by atoms with E-state index in [1.165, 1.54) is 42.5 Å². The lowest BCUT2D eigenvalue weighted by Gasteiger charge is -2.09. The average Bonchev–Trinajstić information content (AvgIpc) is 3.00. The molecule has 3 aromatic rings. The maximum atomic E-state index is 13.1. The maximum Gasteiger partial charge on any atom is 0.417 e.